The van der Waals surface area contributed by atoms with Crippen molar-refractivity contribution >= 4 is 23.1 Å². The second-order valence-corrected chi connectivity index (χ2v) is 7.95. The van der Waals surface area contributed by atoms with Crippen molar-refractivity contribution in [3.8, 4) is 5.75 Å². The van der Waals surface area contributed by atoms with Gasteiger partial charge in [-0.05, 0) is 73.0 Å². The molecule has 1 N–H and O–H groups in total. The molecule has 1 amide bonds. The van der Waals surface area contributed by atoms with Crippen LogP contribution >= 0.6 is 0 Å². The van der Waals surface area contributed by atoms with Crippen molar-refractivity contribution in [3.63, 3.8) is 0 Å². The van der Waals surface area contributed by atoms with Crippen LogP contribution in [-0.2, 0) is 16.0 Å². The van der Waals surface area contributed by atoms with E-state index >= 15 is 0 Å². The van der Waals surface area contributed by atoms with Crippen LogP contribution in [0.15, 0.2) is 64.8 Å². The van der Waals surface area contributed by atoms with Gasteiger partial charge in [-0.3, -0.25) is 14.5 Å². The van der Waals surface area contributed by atoms with Crippen molar-refractivity contribution in [3.05, 3.63) is 88.4 Å². The second-order valence-electron chi connectivity index (χ2n) is 7.95. The molecule has 5 rings (SSSR count). The van der Waals surface area contributed by atoms with Crippen LogP contribution in [0.2, 0.25) is 0 Å². The highest BCUT2D eigenvalue weighted by Gasteiger charge is 2.48. The molecule has 3 aromatic rings. The first-order valence-electron chi connectivity index (χ1n) is 10.1. The minimum atomic E-state index is -0.860. The maximum atomic E-state index is 13.1. The van der Waals surface area contributed by atoms with Crippen LogP contribution in [-0.4, -0.2) is 23.4 Å². The van der Waals surface area contributed by atoms with Crippen LogP contribution in [0.4, 0.5) is 5.69 Å². The molecule has 0 saturated carbocycles. The molecule has 0 aliphatic carbocycles. The number of ketones is 1. The normalized spacial score (nSPS) is 19.5. The van der Waals surface area contributed by atoms with Gasteiger partial charge in [0.15, 0.2) is 0 Å². The van der Waals surface area contributed by atoms with E-state index < -0.39 is 17.7 Å². The lowest BCUT2D eigenvalue weighted by atomic mass is 9.97. The Morgan fingerprint density at radius 1 is 1.06 bits per heavy atom. The summed E-state index contributed by atoms with van der Waals surface area (Å²) < 4.78 is 11.1. The number of aliphatic hydroxyl groups is 1. The summed E-state index contributed by atoms with van der Waals surface area (Å²) in [6.45, 7) is 4.45. The second kappa shape index (κ2) is 7.16. The monoisotopic (exact) mass is 415 g/mol. The fraction of sp³-hybridized carbons (Fsp3) is 0.200. The third-order valence-corrected chi connectivity index (χ3v) is 5.70. The molecular formula is C25H21NO5. The van der Waals surface area contributed by atoms with Gasteiger partial charge < -0.3 is 14.3 Å². The van der Waals surface area contributed by atoms with Gasteiger partial charge in [-0.1, -0.05) is 6.07 Å². The van der Waals surface area contributed by atoms with E-state index in [2.05, 4.69) is 0 Å². The molecule has 6 nitrogen and oxygen atoms in total. The predicted octanol–water partition coefficient (Wildman–Crippen LogP) is 4.46. The fourth-order valence-electron chi connectivity index (χ4n) is 4.39. The van der Waals surface area contributed by atoms with Gasteiger partial charge in [-0.15, -0.1) is 0 Å². The molecule has 0 radical (unpaired) electrons. The largest absolute Gasteiger partial charge is 0.507 e. The third kappa shape index (κ3) is 3.11. The van der Waals surface area contributed by atoms with Crippen molar-refractivity contribution in [2.45, 2.75) is 26.3 Å². The van der Waals surface area contributed by atoms with E-state index in [-0.39, 0.29) is 11.3 Å². The Labute approximate surface area is 179 Å². The van der Waals surface area contributed by atoms with E-state index in [4.69, 9.17) is 9.15 Å². The van der Waals surface area contributed by atoms with Crippen molar-refractivity contribution in [1.82, 2.24) is 0 Å². The van der Waals surface area contributed by atoms with Gasteiger partial charge >= 0.3 is 0 Å². The molecule has 1 unspecified atom stereocenters. The number of rotatable bonds is 3. The van der Waals surface area contributed by atoms with Gasteiger partial charge in [0.05, 0.1) is 18.4 Å². The number of Topliss-reactive ketones (excluding diaryl/α,β-unsaturated/α-hetero) is 1. The molecule has 1 saturated heterocycles. The number of nitrogens with zero attached hydrogens (tertiary/aromatic N) is 1. The molecule has 3 heterocycles. The standard InChI is InChI=1S/C25H21NO5/c1-14-10-15(2)12-18(11-14)26-22(20-4-3-8-30-20)21(24(28)25(26)29)23(27)17-5-6-19-16(13-17)7-9-31-19/h3-6,8,10-13,22,27H,7,9H2,1-2H3/b23-21-. The predicted molar refractivity (Wildman–Crippen MR) is 115 cm³/mol. The van der Waals surface area contributed by atoms with Crippen molar-refractivity contribution in [2.24, 2.45) is 0 Å². The number of hydrogen-bond donors (Lipinski definition) is 1. The Hall–Kier alpha value is -3.80. The third-order valence-electron chi connectivity index (χ3n) is 5.70. The van der Waals surface area contributed by atoms with E-state index in [9.17, 15) is 14.7 Å². The van der Waals surface area contributed by atoms with Gasteiger partial charge in [-0.2, -0.15) is 0 Å². The molecule has 1 aromatic heterocycles. The summed E-state index contributed by atoms with van der Waals surface area (Å²) in [6.07, 6.45) is 2.22. The lowest BCUT2D eigenvalue weighted by Gasteiger charge is -2.24. The molecule has 2 aromatic carbocycles. The fourth-order valence-corrected chi connectivity index (χ4v) is 4.39. The summed E-state index contributed by atoms with van der Waals surface area (Å²) in [4.78, 5) is 27.7. The molecule has 1 fully saturated rings. The zero-order valence-corrected chi connectivity index (χ0v) is 17.2. The summed E-state index contributed by atoms with van der Waals surface area (Å²) in [5.41, 5.74) is 3.96. The lowest BCUT2D eigenvalue weighted by molar-refractivity contribution is -0.132. The molecule has 0 spiro atoms. The van der Waals surface area contributed by atoms with E-state index in [0.717, 1.165) is 28.9 Å². The van der Waals surface area contributed by atoms with Crippen LogP contribution in [0.1, 0.15) is 34.1 Å². The zero-order chi connectivity index (χ0) is 21.7. The number of anilines is 1. The molecule has 156 valence electrons. The van der Waals surface area contributed by atoms with Crippen molar-refractivity contribution in [2.75, 3.05) is 11.5 Å². The van der Waals surface area contributed by atoms with Crippen LogP contribution in [0.5, 0.6) is 5.75 Å². The Morgan fingerprint density at radius 2 is 1.84 bits per heavy atom. The number of amides is 1. The number of aryl methyl sites for hydroxylation is 2. The summed E-state index contributed by atoms with van der Waals surface area (Å²) in [5, 5.41) is 11.2. The quantitative estimate of drug-likeness (QED) is 0.388. The minimum absolute atomic E-state index is 0.0120. The molecular weight excluding hydrogens is 394 g/mol. The number of carbonyl (C=O) groups is 2. The molecule has 0 bridgehead atoms. The van der Waals surface area contributed by atoms with Crippen LogP contribution < -0.4 is 9.64 Å². The number of hydrogen-bond acceptors (Lipinski definition) is 5. The van der Waals surface area contributed by atoms with Crippen LogP contribution in [0, 0.1) is 13.8 Å². The summed E-state index contributed by atoms with van der Waals surface area (Å²) in [7, 11) is 0. The number of furan rings is 1. The summed E-state index contributed by atoms with van der Waals surface area (Å²) >= 11 is 0. The first-order valence-corrected chi connectivity index (χ1v) is 10.1. The smallest absolute Gasteiger partial charge is 0.300 e. The number of fused-ring (bicyclic) bond motifs is 1. The molecule has 31 heavy (non-hydrogen) atoms. The lowest BCUT2D eigenvalue weighted by Crippen LogP contribution is -2.29. The summed E-state index contributed by atoms with van der Waals surface area (Å²) in [5.74, 6) is -0.479. The van der Waals surface area contributed by atoms with Crippen LogP contribution in [0.3, 0.4) is 0 Å². The highest BCUT2D eigenvalue weighted by Crippen LogP contribution is 2.43. The number of ether oxygens (including phenoxy) is 1. The van der Waals surface area contributed by atoms with Crippen molar-refractivity contribution in [1.29, 1.82) is 0 Å². The average molecular weight is 415 g/mol. The van der Waals surface area contributed by atoms with E-state index in [1.165, 1.54) is 11.2 Å². The average Bonchev–Trinajstić information content (AvgIpc) is 3.47. The van der Waals surface area contributed by atoms with Gasteiger partial charge in [-0.25, -0.2) is 0 Å². The molecule has 6 heteroatoms. The maximum absolute atomic E-state index is 13.1. The van der Waals surface area contributed by atoms with Crippen LogP contribution in [0.25, 0.3) is 5.76 Å². The first-order chi connectivity index (χ1) is 14.9. The first kappa shape index (κ1) is 19.2. The molecule has 2 aliphatic rings. The Balaban J connectivity index is 1.70. The number of benzene rings is 2. The number of carbonyl (C=O) groups excluding carboxylic acids is 2. The number of aliphatic hydroxyl groups excluding tert-OH is 1. The van der Waals surface area contributed by atoms with Gasteiger partial charge in [0.2, 0.25) is 0 Å². The SMILES string of the molecule is Cc1cc(C)cc(N2C(=O)C(=O)/C(=C(\O)c3ccc4c(c3)CCO4)C2c2ccco2)c1. The van der Waals surface area contributed by atoms with E-state index in [0.29, 0.717) is 23.6 Å². The molecule has 1 atom stereocenters. The Bertz CT molecular complexity index is 1220. The summed E-state index contributed by atoms with van der Waals surface area (Å²) in [6, 6.07) is 13.5. The van der Waals surface area contributed by atoms with Gasteiger partial charge in [0.25, 0.3) is 11.7 Å². The Kier molecular flexibility index (Phi) is 4.43. The van der Waals surface area contributed by atoms with Gasteiger partial charge in [0, 0.05) is 17.7 Å². The maximum Gasteiger partial charge on any atom is 0.300 e. The zero-order valence-electron chi connectivity index (χ0n) is 17.2. The highest BCUT2D eigenvalue weighted by molar-refractivity contribution is 6.51. The van der Waals surface area contributed by atoms with Crippen molar-refractivity contribution < 1.29 is 23.8 Å². The van der Waals surface area contributed by atoms with E-state index in [1.54, 1.807) is 30.3 Å². The minimum Gasteiger partial charge on any atom is -0.507 e. The molecule has 2 aliphatic heterocycles. The highest BCUT2D eigenvalue weighted by atomic mass is 16.5. The Morgan fingerprint density at radius 3 is 2.55 bits per heavy atom. The topological polar surface area (TPSA) is 80.0 Å². The van der Waals surface area contributed by atoms with Gasteiger partial charge in [0.1, 0.15) is 23.3 Å². The van der Waals surface area contributed by atoms with E-state index in [1.807, 2.05) is 32.0 Å².